The van der Waals surface area contributed by atoms with Gasteiger partial charge in [-0.15, -0.1) is 0 Å². The molecule has 1 N–H and O–H groups in total. The minimum atomic E-state index is 0.240. The van der Waals surface area contributed by atoms with Crippen LogP contribution in [0, 0.1) is 0 Å². The highest BCUT2D eigenvalue weighted by Crippen LogP contribution is 2.35. The zero-order valence-corrected chi connectivity index (χ0v) is 14.5. The van der Waals surface area contributed by atoms with E-state index in [-0.39, 0.29) is 6.79 Å². The highest BCUT2D eigenvalue weighted by molar-refractivity contribution is 6.34. The quantitative estimate of drug-likeness (QED) is 0.712. The Bertz CT molecular complexity index is 914. The van der Waals surface area contributed by atoms with E-state index in [2.05, 4.69) is 15.3 Å². The largest absolute Gasteiger partial charge is 0.454 e. The molecule has 0 saturated carbocycles. The molecule has 5 nitrogen and oxygen atoms in total. The molecule has 0 spiro atoms. The Balaban J connectivity index is 1.53. The predicted molar refractivity (Wildman–Crippen MR) is 97.4 cm³/mol. The van der Waals surface area contributed by atoms with Gasteiger partial charge in [0.05, 0.1) is 0 Å². The smallest absolute Gasteiger partial charge is 0.231 e. The second-order valence-corrected chi connectivity index (χ2v) is 6.34. The van der Waals surface area contributed by atoms with E-state index in [0.717, 1.165) is 16.9 Å². The normalized spacial score (nSPS) is 12.2. The monoisotopic (exact) mass is 373 g/mol. The molecule has 0 saturated heterocycles. The van der Waals surface area contributed by atoms with Crippen molar-refractivity contribution in [3.63, 3.8) is 0 Å². The molecule has 1 aliphatic rings. The van der Waals surface area contributed by atoms with E-state index in [4.69, 9.17) is 32.7 Å². The topological polar surface area (TPSA) is 56.3 Å². The third-order valence-electron chi connectivity index (χ3n) is 3.68. The Kier molecular flexibility index (Phi) is 4.34. The van der Waals surface area contributed by atoms with Crippen LogP contribution in [0.1, 0.15) is 5.56 Å². The molecule has 0 amide bonds. The van der Waals surface area contributed by atoms with Crippen LogP contribution < -0.4 is 14.8 Å². The van der Waals surface area contributed by atoms with E-state index in [1.54, 1.807) is 12.3 Å². The van der Waals surface area contributed by atoms with Crippen LogP contribution in [0.15, 0.2) is 48.7 Å². The van der Waals surface area contributed by atoms with Crippen molar-refractivity contribution in [2.75, 3.05) is 12.1 Å². The number of nitrogens with one attached hydrogen (secondary N) is 1. The standard InChI is InChI=1S/C18H13Cl2N3O2/c19-13-5-11(6-14(20)8-13)9-22-17-3-4-21-18(23-17)12-1-2-15-16(7-12)25-10-24-15/h1-8H,9-10H2,(H,21,22,23). The molecule has 4 rings (SSSR count). The molecule has 0 unspecified atom stereocenters. The second-order valence-electron chi connectivity index (χ2n) is 5.46. The highest BCUT2D eigenvalue weighted by atomic mass is 35.5. The lowest BCUT2D eigenvalue weighted by Crippen LogP contribution is -2.02. The molecule has 7 heteroatoms. The van der Waals surface area contributed by atoms with Crippen molar-refractivity contribution in [3.05, 3.63) is 64.3 Å². The average molecular weight is 374 g/mol. The molecule has 126 valence electrons. The fraction of sp³-hybridized carbons (Fsp3) is 0.111. The van der Waals surface area contributed by atoms with Gasteiger partial charge < -0.3 is 14.8 Å². The molecule has 2 heterocycles. The van der Waals surface area contributed by atoms with Crippen LogP contribution in [0.5, 0.6) is 11.5 Å². The van der Waals surface area contributed by atoms with Gasteiger partial charge in [0.25, 0.3) is 0 Å². The third kappa shape index (κ3) is 3.62. The lowest BCUT2D eigenvalue weighted by atomic mass is 10.2. The first-order valence-electron chi connectivity index (χ1n) is 7.59. The number of fused-ring (bicyclic) bond motifs is 1. The number of aromatic nitrogens is 2. The molecular weight excluding hydrogens is 361 g/mol. The maximum atomic E-state index is 6.02. The molecule has 0 bridgehead atoms. The molecule has 0 aliphatic carbocycles. The number of nitrogens with zero attached hydrogens (tertiary/aromatic N) is 2. The first-order valence-corrected chi connectivity index (χ1v) is 8.35. The number of benzene rings is 2. The number of halogens is 2. The first kappa shape index (κ1) is 16.0. The van der Waals surface area contributed by atoms with Gasteiger partial charge in [-0.1, -0.05) is 23.2 Å². The summed E-state index contributed by atoms with van der Waals surface area (Å²) in [6, 6.07) is 12.9. The second kappa shape index (κ2) is 6.78. The first-order chi connectivity index (χ1) is 12.2. The van der Waals surface area contributed by atoms with E-state index < -0.39 is 0 Å². The summed E-state index contributed by atoms with van der Waals surface area (Å²) >= 11 is 12.0. The molecule has 0 atom stereocenters. The van der Waals surface area contributed by atoms with Crippen molar-refractivity contribution in [2.24, 2.45) is 0 Å². The van der Waals surface area contributed by atoms with Gasteiger partial charge in [0.2, 0.25) is 6.79 Å². The zero-order valence-electron chi connectivity index (χ0n) is 13.0. The van der Waals surface area contributed by atoms with Crippen molar-refractivity contribution >= 4 is 29.0 Å². The molecular formula is C18H13Cl2N3O2. The van der Waals surface area contributed by atoms with Gasteiger partial charge in [-0.3, -0.25) is 0 Å². The van der Waals surface area contributed by atoms with Crippen molar-refractivity contribution in [2.45, 2.75) is 6.54 Å². The summed E-state index contributed by atoms with van der Waals surface area (Å²) in [5.41, 5.74) is 1.83. The number of hydrogen-bond donors (Lipinski definition) is 1. The van der Waals surface area contributed by atoms with Gasteiger partial charge >= 0.3 is 0 Å². The SMILES string of the molecule is Clc1cc(Cl)cc(CNc2ccnc(-c3ccc4c(c3)OCO4)n2)c1. The fourth-order valence-electron chi connectivity index (χ4n) is 2.54. The molecule has 2 aromatic carbocycles. The zero-order chi connectivity index (χ0) is 17.2. The van der Waals surface area contributed by atoms with Crippen molar-refractivity contribution in [1.82, 2.24) is 9.97 Å². The average Bonchev–Trinajstić information content (AvgIpc) is 3.07. The maximum absolute atomic E-state index is 6.02. The van der Waals surface area contributed by atoms with Gasteiger partial charge in [0, 0.05) is 28.4 Å². The van der Waals surface area contributed by atoms with E-state index in [1.165, 1.54) is 0 Å². The van der Waals surface area contributed by atoms with E-state index in [0.29, 0.717) is 34.0 Å². The molecule has 0 radical (unpaired) electrons. The molecule has 25 heavy (non-hydrogen) atoms. The number of hydrogen-bond acceptors (Lipinski definition) is 5. The van der Waals surface area contributed by atoms with Crippen LogP contribution in [0.4, 0.5) is 5.82 Å². The summed E-state index contributed by atoms with van der Waals surface area (Å²) in [6.07, 6.45) is 1.71. The Morgan fingerprint density at radius 2 is 1.76 bits per heavy atom. The summed E-state index contributed by atoms with van der Waals surface area (Å²) in [6.45, 7) is 0.793. The minimum Gasteiger partial charge on any atom is -0.454 e. The number of rotatable bonds is 4. The fourth-order valence-corrected chi connectivity index (χ4v) is 3.11. The van der Waals surface area contributed by atoms with Gasteiger partial charge in [0.15, 0.2) is 17.3 Å². The molecule has 1 aromatic heterocycles. The maximum Gasteiger partial charge on any atom is 0.231 e. The summed E-state index contributed by atoms with van der Waals surface area (Å²) in [5, 5.41) is 4.46. The van der Waals surface area contributed by atoms with Crippen LogP contribution in [-0.2, 0) is 6.54 Å². The summed E-state index contributed by atoms with van der Waals surface area (Å²) < 4.78 is 10.7. The van der Waals surface area contributed by atoms with Crippen molar-refractivity contribution in [3.8, 4) is 22.9 Å². The lowest BCUT2D eigenvalue weighted by molar-refractivity contribution is 0.174. The van der Waals surface area contributed by atoms with Crippen LogP contribution in [0.3, 0.4) is 0 Å². The summed E-state index contributed by atoms with van der Waals surface area (Å²) in [4.78, 5) is 8.87. The van der Waals surface area contributed by atoms with E-state index >= 15 is 0 Å². The predicted octanol–water partition coefficient (Wildman–Crippen LogP) is 4.79. The van der Waals surface area contributed by atoms with Gasteiger partial charge in [0.1, 0.15) is 5.82 Å². The molecule has 1 aliphatic heterocycles. The van der Waals surface area contributed by atoms with E-state index in [9.17, 15) is 0 Å². The Morgan fingerprint density at radius 3 is 2.60 bits per heavy atom. The number of anilines is 1. The van der Waals surface area contributed by atoms with Crippen LogP contribution >= 0.6 is 23.2 Å². The summed E-state index contributed by atoms with van der Waals surface area (Å²) in [5.74, 6) is 2.75. The third-order valence-corrected chi connectivity index (χ3v) is 4.12. The molecule has 0 fully saturated rings. The Morgan fingerprint density at radius 1 is 0.960 bits per heavy atom. The van der Waals surface area contributed by atoms with Gasteiger partial charge in [-0.2, -0.15) is 0 Å². The van der Waals surface area contributed by atoms with E-state index in [1.807, 2.05) is 36.4 Å². The van der Waals surface area contributed by atoms with Crippen LogP contribution in [0.25, 0.3) is 11.4 Å². The van der Waals surface area contributed by atoms with Gasteiger partial charge in [-0.05, 0) is 48.0 Å². The minimum absolute atomic E-state index is 0.240. The van der Waals surface area contributed by atoms with Gasteiger partial charge in [-0.25, -0.2) is 9.97 Å². The Hall–Kier alpha value is -2.50. The Labute approximate surface area is 154 Å². The summed E-state index contributed by atoms with van der Waals surface area (Å²) in [7, 11) is 0. The lowest BCUT2D eigenvalue weighted by Gasteiger charge is -2.08. The van der Waals surface area contributed by atoms with Crippen LogP contribution in [-0.4, -0.2) is 16.8 Å². The number of ether oxygens (including phenoxy) is 2. The van der Waals surface area contributed by atoms with Crippen molar-refractivity contribution < 1.29 is 9.47 Å². The van der Waals surface area contributed by atoms with Crippen LogP contribution in [0.2, 0.25) is 10.0 Å². The highest BCUT2D eigenvalue weighted by Gasteiger charge is 2.15. The van der Waals surface area contributed by atoms with Crippen molar-refractivity contribution in [1.29, 1.82) is 0 Å². The molecule has 3 aromatic rings.